The van der Waals surface area contributed by atoms with Gasteiger partial charge in [0.1, 0.15) is 0 Å². The molecule has 6 aromatic carbocycles. The summed E-state index contributed by atoms with van der Waals surface area (Å²) in [6, 6.07) is 55.7. The summed E-state index contributed by atoms with van der Waals surface area (Å²) in [5.74, 6) is 0.692. The Morgan fingerprint density at radius 2 is 1.06 bits per heavy atom. The van der Waals surface area contributed by atoms with Crippen LogP contribution in [0.4, 0.5) is 17.1 Å². The van der Waals surface area contributed by atoms with E-state index in [4.69, 9.17) is 0 Å². The van der Waals surface area contributed by atoms with Crippen molar-refractivity contribution in [1.82, 2.24) is 0 Å². The predicted molar refractivity (Wildman–Crippen MR) is 225 cm³/mol. The van der Waals surface area contributed by atoms with Crippen LogP contribution in [-0.4, -0.2) is 0 Å². The van der Waals surface area contributed by atoms with Gasteiger partial charge >= 0.3 is 0 Å². The summed E-state index contributed by atoms with van der Waals surface area (Å²) >= 11 is 0. The Bertz CT molecular complexity index is 2160. The highest BCUT2D eigenvalue weighted by Crippen LogP contribution is 2.54. The van der Waals surface area contributed by atoms with Crippen LogP contribution in [0.5, 0.6) is 0 Å². The summed E-state index contributed by atoms with van der Waals surface area (Å²) in [5, 5.41) is 0. The average molecular weight is 692 g/mol. The molecule has 6 aromatic rings. The molecule has 9 rings (SSSR count). The van der Waals surface area contributed by atoms with Crippen LogP contribution in [0, 0.1) is 0 Å². The lowest BCUT2D eigenvalue weighted by molar-refractivity contribution is 0.443. The minimum absolute atomic E-state index is 0.0720. The summed E-state index contributed by atoms with van der Waals surface area (Å²) in [7, 11) is 0. The Balaban J connectivity index is 1.15. The quantitative estimate of drug-likeness (QED) is 0.151. The fourth-order valence-corrected chi connectivity index (χ4v) is 10.3. The largest absolute Gasteiger partial charge is 0.310 e. The van der Waals surface area contributed by atoms with E-state index in [2.05, 4.69) is 164 Å². The highest BCUT2D eigenvalue weighted by Gasteiger charge is 2.38. The average Bonchev–Trinajstić information content (AvgIpc) is 3.35. The first-order valence-corrected chi connectivity index (χ1v) is 20.4. The molecule has 0 saturated heterocycles. The summed E-state index contributed by atoms with van der Waals surface area (Å²) in [5.41, 5.74) is 16.2. The van der Waals surface area contributed by atoms with E-state index in [0.717, 1.165) is 0 Å². The molecule has 1 heteroatoms. The van der Waals surface area contributed by atoms with Gasteiger partial charge < -0.3 is 4.90 Å². The molecule has 53 heavy (non-hydrogen) atoms. The van der Waals surface area contributed by atoms with Crippen LogP contribution in [0.25, 0.3) is 22.3 Å². The van der Waals surface area contributed by atoms with E-state index in [9.17, 15) is 0 Å². The maximum atomic E-state index is 2.51. The van der Waals surface area contributed by atoms with Gasteiger partial charge in [-0.15, -0.1) is 0 Å². The molecule has 0 aromatic heterocycles. The Morgan fingerprint density at radius 3 is 1.74 bits per heavy atom. The van der Waals surface area contributed by atoms with Crippen LogP contribution in [0.2, 0.25) is 0 Å². The first-order chi connectivity index (χ1) is 26.0. The molecule has 0 amide bonds. The molecule has 0 heterocycles. The van der Waals surface area contributed by atoms with Crippen LogP contribution >= 0.6 is 0 Å². The van der Waals surface area contributed by atoms with Crippen molar-refractivity contribution in [3.8, 4) is 22.3 Å². The summed E-state index contributed by atoms with van der Waals surface area (Å²) in [6.07, 6.45) is 14.4. The molecule has 2 fully saturated rings. The van der Waals surface area contributed by atoms with Crippen molar-refractivity contribution in [3.63, 3.8) is 0 Å². The highest BCUT2D eigenvalue weighted by molar-refractivity contribution is 5.94. The zero-order chi connectivity index (χ0) is 35.8. The molecule has 0 atom stereocenters. The van der Waals surface area contributed by atoms with Crippen molar-refractivity contribution in [2.24, 2.45) is 0 Å². The summed E-state index contributed by atoms with van der Waals surface area (Å²) in [4.78, 5) is 2.51. The van der Waals surface area contributed by atoms with E-state index in [1.807, 2.05) is 0 Å². The monoisotopic (exact) mass is 691 g/mol. The third kappa shape index (κ3) is 6.13. The number of fused-ring (bicyclic) bond motifs is 3. The van der Waals surface area contributed by atoms with Gasteiger partial charge in [-0.1, -0.05) is 168 Å². The third-order valence-electron chi connectivity index (χ3n) is 13.2. The lowest BCUT2D eigenvalue weighted by Crippen LogP contribution is -2.27. The maximum absolute atomic E-state index is 2.51. The first-order valence-electron chi connectivity index (χ1n) is 20.4. The second-order valence-electron chi connectivity index (χ2n) is 16.6. The standard InChI is InChI=1S/C52H53N/c1-51(2)48-24-16-23-46(40-19-10-6-11-20-40)50(48)47-34-33-45(37-49(47)51)53(43-29-25-39(26-30-43)38-17-8-5-9-18-38)44-31-27-42(28-32-44)52(35-14-3-4-15-36-52)41-21-12-7-13-22-41/h6-7,10-13,16,19-34,37-38H,3-5,8-9,14-15,17-18,35-36H2,1-2H3. The second kappa shape index (κ2) is 14.2. The highest BCUT2D eigenvalue weighted by atomic mass is 15.1. The van der Waals surface area contributed by atoms with Gasteiger partial charge in [-0.2, -0.15) is 0 Å². The number of hydrogen-bond acceptors (Lipinski definition) is 1. The molecule has 3 aliphatic carbocycles. The number of benzene rings is 6. The topological polar surface area (TPSA) is 3.24 Å². The van der Waals surface area contributed by atoms with E-state index in [1.54, 1.807) is 0 Å². The van der Waals surface area contributed by atoms with Crippen LogP contribution in [0.3, 0.4) is 0 Å². The minimum atomic E-state index is -0.118. The van der Waals surface area contributed by atoms with Crippen LogP contribution in [0.1, 0.15) is 118 Å². The molecule has 3 aliphatic rings. The molecule has 1 nitrogen and oxygen atoms in total. The number of anilines is 3. The molecule has 0 spiro atoms. The fraction of sp³-hybridized carbons (Fsp3) is 0.308. The van der Waals surface area contributed by atoms with Crippen LogP contribution in [0.15, 0.2) is 146 Å². The number of rotatable bonds is 7. The van der Waals surface area contributed by atoms with Gasteiger partial charge in [-0.25, -0.2) is 0 Å². The molecular weight excluding hydrogens is 639 g/mol. The molecule has 0 bridgehead atoms. The Labute approximate surface area is 317 Å². The zero-order valence-electron chi connectivity index (χ0n) is 31.7. The number of nitrogens with zero attached hydrogens (tertiary/aromatic N) is 1. The van der Waals surface area contributed by atoms with Crippen molar-refractivity contribution < 1.29 is 0 Å². The molecule has 0 N–H and O–H groups in total. The molecular formula is C52H53N. The third-order valence-corrected chi connectivity index (χ3v) is 13.2. The molecule has 0 radical (unpaired) electrons. The molecule has 2 saturated carbocycles. The van der Waals surface area contributed by atoms with Crippen molar-refractivity contribution >= 4 is 17.1 Å². The van der Waals surface area contributed by atoms with Gasteiger partial charge in [0.05, 0.1) is 0 Å². The van der Waals surface area contributed by atoms with Crippen molar-refractivity contribution in [3.05, 3.63) is 173 Å². The van der Waals surface area contributed by atoms with Crippen molar-refractivity contribution in [2.45, 2.75) is 101 Å². The van der Waals surface area contributed by atoms with Gasteiger partial charge in [0.25, 0.3) is 0 Å². The van der Waals surface area contributed by atoms with Gasteiger partial charge in [0, 0.05) is 27.9 Å². The van der Waals surface area contributed by atoms with Gasteiger partial charge in [-0.3, -0.25) is 0 Å². The summed E-state index contributed by atoms with van der Waals surface area (Å²) < 4.78 is 0. The smallest absolute Gasteiger partial charge is 0.0465 e. The van der Waals surface area contributed by atoms with Crippen LogP contribution < -0.4 is 4.90 Å². The molecule has 0 unspecified atom stereocenters. The SMILES string of the molecule is CC1(C)c2cc(N(c3ccc(C4CCCCC4)cc3)c3ccc(C4(c5ccccc5)CCCCCC4)cc3)ccc2-c2c(-c3ccccc3)cccc21. The Hall–Kier alpha value is -4.88. The molecule has 0 aliphatic heterocycles. The normalized spacial score (nSPS) is 17.8. The van der Waals surface area contributed by atoms with E-state index < -0.39 is 0 Å². The lowest BCUT2D eigenvalue weighted by atomic mass is 9.69. The van der Waals surface area contributed by atoms with Crippen LogP contribution in [-0.2, 0) is 10.8 Å². The molecule has 266 valence electrons. The Kier molecular flexibility index (Phi) is 9.07. The van der Waals surface area contributed by atoms with E-state index in [-0.39, 0.29) is 10.8 Å². The van der Waals surface area contributed by atoms with Crippen molar-refractivity contribution in [1.29, 1.82) is 0 Å². The Morgan fingerprint density at radius 1 is 0.472 bits per heavy atom. The fourth-order valence-electron chi connectivity index (χ4n) is 10.3. The van der Waals surface area contributed by atoms with E-state index in [0.29, 0.717) is 5.92 Å². The van der Waals surface area contributed by atoms with E-state index in [1.165, 1.54) is 138 Å². The second-order valence-corrected chi connectivity index (χ2v) is 16.6. The lowest BCUT2D eigenvalue weighted by Gasteiger charge is -2.35. The summed E-state index contributed by atoms with van der Waals surface area (Å²) in [6.45, 7) is 4.81. The zero-order valence-corrected chi connectivity index (χ0v) is 31.7. The van der Waals surface area contributed by atoms with Gasteiger partial charge in [0.15, 0.2) is 0 Å². The number of hydrogen-bond donors (Lipinski definition) is 0. The minimum Gasteiger partial charge on any atom is -0.310 e. The van der Waals surface area contributed by atoms with E-state index >= 15 is 0 Å². The first kappa shape index (κ1) is 33.9. The predicted octanol–water partition coefficient (Wildman–Crippen LogP) is 14.8. The van der Waals surface area contributed by atoms with Gasteiger partial charge in [0.2, 0.25) is 0 Å². The maximum Gasteiger partial charge on any atom is 0.0465 e. The van der Waals surface area contributed by atoms with Gasteiger partial charge in [-0.05, 0) is 118 Å². The van der Waals surface area contributed by atoms with Crippen molar-refractivity contribution in [2.75, 3.05) is 4.90 Å².